The highest BCUT2D eigenvalue weighted by Gasteiger charge is 2.27. The Morgan fingerprint density at radius 1 is 1.28 bits per heavy atom. The van der Waals surface area contributed by atoms with Crippen LogP contribution in [0, 0.1) is 5.82 Å². The largest absolute Gasteiger partial charge is 0.339 e. The molecule has 3 rings (SSSR count). The van der Waals surface area contributed by atoms with E-state index in [4.69, 9.17) is 0 Å². The summed E-state index contributed by atoms with van der Waals surface area (Å²) in [6.07, 6.45) is 1.04. The molecule has 0 aliphatic carbocycles. The van der Waals surface area contributed by atoms with Gasteiger partial charge in [-0.15, -0.1) is 11.3 Å². The Labute approximate surface area is 158 Å². The number of piperidine rings is 1. The van der Waals surface area contributed by atoms with Crippen LogP contribution in [0.3, 0.4) is 0 Å². The SMILES string of the molecule is O=C(c1cc(F)cc(Br)c1)N1CCC(NS(=O)(=O)c2cccs2)CC1. The number of benzene rings is 1. The van der Waals surface area contributed by atoms with Crippen molar-refractivity contribution in [1.29, 1.82) is 0 Å². The maximum absolute atomic E-state index is 13.5. The van der Waals surface area contributed by atoms with Gasteiger partial charge in [0.05, 0.1) is 0 Å². The van der Waals surface area contributed by atoms with E-state index in [1.165, 1.54) is 23.5 Å². The van der Waals surface area contributed by atoms with Crippen molar-refractivity contribution in [2.75, 3.05) is 13.1 Å². The Morgan fingerprint density at radius 2 is 2.00 bits per heavy atom. The van der Waals surface area contributed by atoms with Crippen molar-refractivity contribution < 1.29 is 17.6 Å². The van der Waals surface area contributed by atoms with Crippen LogP contribution in [0.25, 0.3) is 0 Å². The van der Waals surface area contributed by atoms with Gasteiger partial charge in [-0.2, -0.15) is 0 Å². The maximum Gasteiger partial charge on any atom is 0.253 e. The summed E-state index contributed by atoms with van der Waals surface area (Å²) < 4.78 is 41.4. The van der Waals surface area contributed by atoms with Crippen molar-refractivity contribution in [2.24, 2.45) is 0 Å². The molecule has 1 fully saturated rings. The fourth-order valence-corrected chi connectivity index (χ4v) is 5.53. The predicted molar refractivity (Wildman–Crippen MR) is 97.7 cm³/mol. The van der Waals surface area contributed by atoms with Crippen molar-refractivity contribution in [2.45, 2.75) is 23.1 Å². The molecule has 1 aromatic carbocycles. The van der Waals surface area contributed by atoms with Crippen molar-refractivity contribution in [3.8, 4) is 0 Å². The molecule has 0 spiro atoms. The van der Waals surface area contributed by atoms with E-state index in [2.05, 4.69) is 20.7 Å². The number of carbonyl (C=O) groups excluding carboxylic acids is 1. The van der Waals surface area contributed by atoms with E-state index in [1.807, 2.05) is 0 Å². The topological polar surface area (TPSA) is 66.5 Å². The number of halogens is 2. The molecule has 9 heteroatoms. The number of hydrogen-bond acceptors (Lipinski definition) is 4. The van der Waals surface area contributed by atoms with Crippen LogP contribution in [-0.2, 0) is 10.0 Å². The minimum Gasteiger partial charge on any atom is -0.339 e. The highest BCUT2D eigenvalue weighted by Crippen LogP contribution is 2.21. The minimum absolute atomic E-state index is 0.213. The normalized spacial score (nSPS) is 16.2. The maximum atomic E-state index is 13.5. The van der Waals surface area contributed by atoms with E-state index in [0.29, 0.717) is 30.4 Å². The third kappa shape index (κ3) is 4.46. The molecule has 1 aliphatic rings. The number of nitrogens with zero attached hydrogens (tertiary/aromatic N) is 1. The molecular weight excluding hydrogens is 431 g/mol. The molecule has 1 saturated heterocycles. The van der Waals surface area contributed by atoms with Gasteiger partial charge in [0.15, 0.2) is 0 Å². The van der Waals surface area contributed by atoms with Gasteiger partial charge in [-0.1, -0.05) is 22.0 Å². The van der Waals surface area contributed by atoms with Crippen LogP contribution in [0.5, 0.6) is 0 Å². The second kappa shape index (κ2) is 7.53. The third-order valence-corrected chi connectivity index (χ3v) is 7.35. The Kier molecular flexibility index (Phi) is 5.57. The molecule has 1 aromatic heterocycles. The quantitative estimate of drug-likeness (QED) is 0.783. The Hall–Kier alpha value is -1.29. The first-order valence-electron chi connectivity index (χ1n) is 7.66. The third-order valence-electron chi connectivity index (χ3n) is 3.97. The lowest BCUT2D eigenvalue weighted by atomic mass is 10.0. The lowest BCUT2D eigenvalue weighted by molar-refractivity contribution is 0.0710. The fourth-order valence-electron chi connectivity index (χ4n) is 2.75. The summed E-state index contributed by atoms with van der Waals surface area (Å²) in [5.74, 6) is -0.726. The lowest BCUT2D eigenvalue weighted by Gasteiger charge is -2.32. The Morgan fingerprint density at radius 3 is 2.60 bits per heavy atom. The van der Waals surface area contributed by atoms with E-state index < -0.39 is 15.8 Å². The second-order valence-corrected chi connectivity index (χ2v) is 9.58. The van der Waals surface area contributed by atoms with Gasteiger partial charge in [-0.05, 0) is 42.5 Å². The van der Waals surface area contributed by atoms with Gasteiger partial charge in [0.2, 0.25) is 10.0 Å². The monoisotopic (exact) mass is 446 g/mol. The van der Waals surface area contributed by atoms with Crippen molar-refractivity contribution >= 4 is 43.2 Å². The number of amides is 1. The fraction of sp³-hybridized carbons (Fsp3) is 0.312. The molecule has 1 N–H and O–H groups in total. The molecule has 1 amide bonds. The summed E-state index contributed by atoms with van der Waals surface area (Å²) in [5, 5.41) is 1.72. The van der Waals surface area contributed by atoms with Crippen LogP contribution in [0.1, 0.15) is 23.2 Å². The van der Waals surface area contributed by atoms with E-state index >= 15 is 0 Å². The zero-order chi connectivity index (χ0) is 18.0. The van der Waals surface area contributed by atoms with E-state index in [0.717, 1.165) is 0 Å². The standard InChI is InChI=1S/C16H16BrFN2O3S2/c17-12-8-11(9-13(18)10-12)16(21)20-5-3-14(4-6-20)19-25(22,23)15-2-1-7-24-15/h1-2,7-10,14,19H,3-6H2. The molecular formula is C16H16BrFN2O3S2. The summed E-state index contributed by atoms with van der Waals surface area (Å²) in [6.45, 7) is 0.842. The highest BCUT2D eigenvalue weighted by molar-refractivity contribution is 9.10. The number of nitrogens with one attached hydrogen (secondary N) is 1. The average molecular weight is 447 g/mol. The van der Waals surface area contributed by atoms with E-state index in [-0.39, 0.29) is 21.7 Å². The van der Waals surface area contributed by atoms with Gasteiger partial charge < -0.3 is 4.90 Å². The molecule has 0 saturated carbocycles. The van der Waals surface area contributed by atoms with Gasteiger partial charge in [-0.3, -0.25) is 4.79 Å². The van der Waals surface area contributed by atoms with Crippen molar-refractivity contribution in [1.82, 2.24) is 9.62 Å². The van der Waals surface area contributed by atoms with Crippen LogP contribution in [0.4, 0.5) is 4.39 Å². The molecule has 5 nitrogen and oxygen atoms in total. The highest BCUT2D eigenvalue weighted by atomic mass is 79.9. The van der Waals surface area contributed by atoms with Crippen LogP contribution in [-0.4, -0.2) is 38.4 Å². The zero-order valence-corrected chi connectivity index (χ0v) is 16.3. The molecule has 1 aliphatic heterocycles. The summed E-state index contributed by atoms with van der Waals surface area (Å²) >= 11 is 4.35. The number of sulfonamides is 1. The van der Waals surface area contributed by atoms with Crippen LogP contribution < -0.4 is 4.72 Å². The number of hydrogen-bond donors (Lipinski definition) is 1. The molecule has 0 atom stereocenters. The minimum atomic E-state index is -3.51. The van der Waals surface area contributed by atoms with Crippen LogP contribution in [0.2, 0.25) is 0 Å². The van der Waals surface area contributed by atoms with Crippen LogP contribution in [0.15, 0.2) is 44.4 Å². The molecule has 0 radical (unpaired) electrons. The summed E-state index contributed by atoms with van der Waals surface area (Å²) in [5.41, 5.74) is 0.282. The molecule has 25 heavy (non-hydrogen) atoms. The van der Waals surface area contributed by atoms with Gasteiger partial charge in [0.25, 0.3) is 5.91 Å². The molecule has 134 valence electrons. The molecule has 2 heterocycles. The molecule has 0 unspecified atom stereocenters. The first-order chi connectivity index (χ1) is 11.8. The average Bonchev–Trinajstić information content (AvgIpc) is 3.09. The smallest absolute Gasteiger partial charge is 0.253 e. The lowest BCUT2D eigenvalue weighted by Crippen LogP contribution is -2.46. The van der Waals surface area contributed by atoms with Crippen molar-refractivity contribution in [3.63, 3.8) is 0 Å². The Bertz CT molecular complexity index is 843. The second-order valence-electron chi connectivity index (χ2n) is 5.78. The van der Waals surface area contributed by atoms with Gasteiger partial charge in [-0.25, -0.2) is 17.5 Å². The first kappa shape index (κ1) is 18.5. The van der Waals surface area contributed by atoms with Gasteiger partial charge in [0.1, 0.15) is 10.0 Å². The summed E-state index contributed by atoms with van der Waals surface area (Å²) in [4.78, 5) is 14.1. The summed E-state index contributed by atoms with van der Waals surface area (Å²) in [7, 11) is -3.51. The number of carbonyl (C=O) groups is 1. The number of thiophene rings is 1. The molecule has 0 bridgehead atoms. The van der Waals surface area contributed by atoms with E-state index in [1.54, 1.807) is 28.5 Å². The first-order valence-corrected chi connectivity index (χ1v) is 10.8. The summed E-state index contributed by atoms with van der Waals surface area (Å²) in [6, 6.07) is 7.12. The number of rotatable bonds is 4. The van der Waals surface area contributed by atoms with Gasteiger partial charge >= 0.3 is 0 Å². The predicted octanol–water partition coefficient (Wildman–Crippen LogP) is 3.23. The number of likely N-dealkylation sites (tertiary alicyclic amines) is 1. The van der Waals surface area contributed by atoms with E-state index in [9.17, 15) is 17.6 Å². The molecule has 2 aromatic rings. The zero-order valence-electron chi connectivity index (χ0n) is 13.1. The van der Waals surface area contributed by atoms with Crippen LogP contribution >= 0.6 is 27.3 Å². The van der Waals surface area contributed by atoms with Gasteiger partial charge in [0, 0.05) is 29.2 Å². The van der Waals surface area contributed by atoms with Crippen molar-refractivity contribution in [3.05, 3.63) is 51.6 Å². The Balaban J connectivity index is 1.61.